The lowest BCUT2D eigenvalue weighted by Crippen LogP contribution is -2.46. The summed E-state index contributed by atoms with van der Waals surface area (Å²) in [7, 11) is 0. The summed E-state index contributed by atoms with van der Waals surface area (Å²) in [5, 5.41) is 21.7. The molecule has 132 valence electrons. The molecule has 6 nitrogen and oxygen atoms in total. The third-order valence-corrected chi connectivity index (χ3v) is 5.49. The van der Waals surface area contributed by atoms with Crippen LogP contribution in [-0.2, 0) is 19.4 Å². The van der Waals surface area contributed by atoms with E-state index in [9.17, 15) is 5.26 Å². The van der Waals surface area contributed by atoms with Gasteiger partial charge in [0.2, 0.25) is 0 Å². The van der Waals surface area contributed by atoms with Gasteiger partial charge in [0.25, 0.3) is 0 Å². The van der Waals surface area contributed by atoms with Crippen LogP contribution in [0.25, 0.3) is 0 Å². The Labute approximate surface area is 153 Å². The van der Waals surface area contributed by atoms with E-state index in [0.717, 1.165) is 73.3 Å². The lowest BCUT2D eigenvalue weighted by Gasteiger charge is -2.35. The third kappa shape index (κ3) is 3.80. The van der Waals surface area contributed by atoms with E-state index in [1.54, 1.807) is 11.3 Å². The fourth-order valence-electron chi connectivity index (χ4n) is 3.33. The Balaban J connectivity index is 1.71. The maximum Gasteiger partial charge on any atom is 0.169 e. The molecule has 1 saturated heterocycles. The maximum absolute atomic E-state index is 9.67. The average molecular weight is 356 g/mol. The minimum Gasteiger partial charge on any atom is -0.351 e. The second-order valence-electron chi connectivity index (χ2n) is 6.26. The summed E-state index contributed by atoms with van der Waals surface area (Å²) in [5.74, 6) is 0.751. The second kappa shape index (κ2) is 7.89. The van der Waals surface area contributed by atoms with Crippen molar-refractivity contribution in [2.45, 2.75) is 40.2 Å². The molecule has 1 fully saturated rings. The van der Waals surface area contributed by atoms with Crippen molar-refractivity contribution >= 4 is 17.2 Å². The zero-order chi connectivity index (χ0) is 17.8. The third-order valence-electron chi connectivity index (χ3n) is 4.66. The molecule has 3 heterocycles. The number of aryl methyl sites for hydroxylation is 2. The van der Waals surface area contributed by atoms with Crippen molar-refractivity contribution < 1.29 is 0 Å². The molecular weight excluding hydrogens is 332 g/mol. The van der Waals surface area contributed by atoms with Gasteiger partial charge in [-0.3, -0.25) is 4.90 Å². The summed E-state index contributed by atoms with van der Waals surface area (Å²) in [6, 6.07) is 2.37. The number of aromatic nitrogens is 3. The minimum atomic E-state index is 0.706. The van der Waals surface area contributed by atoms with Crippen LogP contribution >= 0.6 is 11.3 Å². The zero-order valence-electron chi connectivity index (χ0n) is 15.1. The van der Waals surface area contributed by atoms with Crippen LogP contribution in [-0.4, -0.2) is 46.3 Å². The number of thiazole rings is 1. The molecule has 0 amide bonds. The van der Waals surface area contributed by atoms with E-state index in [0.29, 0.717) is 5.56 Å². The van der Waals surface area contributed by atoms with Gasteiger partial charge in [0.15, 0.2) is 5.82 Å². The average Bonchev–Trinajstić information content (AvgIpc) is 3.05. The van der Waals surface area contributed by atoms with Crippen LogP contribution < -0.4 is 4.90 Å². The first-order valence-corrected chi connectivity index (χ1v) is 9.71. The highest BCUT2D eigenvalue weighted by molar-refractivity contribution is 7.09. The van der Waals surface area contributed by atoms with Crippen LogP contribution in [0.5, 0.6) is 0 Å². The Hall–Kier alpha value is -2.04. The van der Waals surface area contributed by atoms with E-state index >= 15 is 0 Å². The highest BCUT2D eigenvalue weighted by atomic mass is 32.1. The van der Waals surface area contributed by atoms with Crippen LogP contribution in [0.4, 0.5) is 5.82 Å². The summed E-state index contributed by atoms with van der Waals surface area (Å²) in [4.78, 5) is 9.16. The summed E-state index contributed by atoms with van der Waals surface area (Å²) >= 11 is 1.70. The first-order chi connectivity index (χ1) is 12.2. The van der Waals surface area contributed by atoms with Gasteiger partial charge in [0.1, 0.15) is 11.6 Å². The van der Waals surface area contributed by atoms with Gasteiger partial charge in [-0.25, -0.2) is 4.98 Å². The van der Waals surface area contributed by atoms with Gasteiger partial charge in [0.05, 0.1) is 16.4 Å². The maximum atomic E-state index is 9.67. The number of nitrogens with zero attached hydrogens (tertiary/aromatic N) is 6. The fraction of sp³-hybridized carbons (Fsp3) is 0.556. The molecule has 0 aromatic carbocycles. The van der Waals surface area contributed by atoms with Crippen LogP contribution in [0.3, 0.4) is 0 Å². The summed E-state index contributed by atoms with van der Waals surface area (Å²) in [6.45, 7) is 10.7. The van der Waals surface area contributed by atoms with Gasteiger partial charge >= 0.3 is 0 Å². The van der Waals surface area contributed by atoms with Crippen LogP contribution in [0.2, 0.25) is 0 Å². The van der Waals surface area contributed by atoms with Gasteiger partial charge < -0.3 is 4.90 Å². The smallest absolute Gasteiger partial charge is 0.169 e. The SMILES string of the molecule is CCc1nnc(N2CCN(Cc3csc(C)n3)CC2)c(C#N)c1CC. The Morgan fingerprint density at radius 2 is 1.92 bits per heavy atom. The number of hydrogen-bond acceptors (Lipinski definition) is 7. The van der Waals surface area contributed by atoms with Gasteiger partial charge in [-0.15, -0.1) is 16.4 Å². The number of rotatable bonds is 5. The van der Waals surface area contributed by atoms with Gasteiger partial charge in [-0.2, -0.15) is 10.4 Å². The number of piperazine rings is 1. The first kappa shape index (κ1) is 17.8. The van der Waals surface area contributed by atoms with Crippen molar-refractivity contribution in [1.82, 2.24) is 20.1 Å². The quantitative estimate of drug-likeness (QED) is 0.820. The Morgan fingerprint density at radius 1 is 1.16 bits per heavy atom. The van der Waals surface area contributed by atoms with E-state index in [2.05, 4.69) is 50.3 Å². The largest absolute Gasteiger partial charge is 0.351 e. The molecule has 0 aliphatic carbocycles. The lowest BCUT2D eigenvalue weighted by atomic mass is 10.0. The molecule has 0 saturated carbocycles. The molecule has 2 aromatic heterocycles. The summed E-state index contributed by atoms with van der Waals surface area (Å²) in [6.07, 6.45) is 1.63. The van der Waals surface area contributed by atoms with Gasteiger partial charge in [0, 0.05) is 38.1 Å². The standard InChI is InChI=1S/C18H24N6S/c1-4-15-16(10-19)18(22-21-17(15)5-2)24-8-6-23(7-9-24)11-14-12-25-13(3)20-14/h12H,4-9,11H2,1-3H3. The van der Waals surface area contributed by atoms with Crippen LogP contribution in [0.15, 0.2) is 5.38 Å². The van der Waals surface area contributed by atoms with Crippen LogP contribution in [0.1, 0.15) is 41.4 Å². The molecule has 25 heavy (non-hydrogen) atoms. The van der Waals surface area contributed by atoms with Crippen molar-refractivity contribution in [2.24, 2.45) is 0 Å². The van der Waals surface area contributed by atoms with Crippen molar-refractivity contribution in [3.8, 4) is 6.07 Å². The monoisotopic (exact) mass is 356 g/mol. The van der Waals surface area contributed by atoms with E-state index in [1.807, 2.05) is 6.92 Å². The zero-order valence-corrected chi connectivity index (χ0v) is 15.9. The first-order valence-electron chi connectivity index (χ1n) is 8.83. The number of nitriles is 1. The fourth-order valence-corrected chi connectivity index (χ4v) is 3.93. The molecule has 0 bridgehead atoms. The molecule has 2 aromatic rings. The molecule has 3 rings (SSSR count). The summed E-state index contributed by atoms with van der Waals surface area (Å²) < 4.78 is 0. The van der Waals surface area contributed by atoms with Crippen molar-refractivity contribution in [2.75, 3.05) is 31.1 Å². The highest BCUT2D eigenvalue weighted by Gasteiger charge is 2.23. The second-order valence-corrected chi connectivity index (χ2v) is 7.33. The highest BCUT2D eigenvalue weighted by Crippen LogP contribution is 2.24. The van der Waals surface area contributed by atoms with Crippen molar-refractivity contribution in [1.29, 1.82) is 5.26 Å². The Bertz CT molecular complexity index is 770. The van der Waals surface area contributed by atoms with E-state index in [1.165, 1.54) is 0 Å². The molecule has 0 spiro atoms. The van der Waals surface area contributed by atoms with E-state index in [-0.39, 0.29) is 0 Å². The molecule has 0 unspecified atom stereocenters. The summed E-state index contributed by atoms with van der Waals surface area (Å²) in [5.41, 5.74) is 3.85. The van der Waals surface area contributed by atoms with E-state index in [4.69, 9.17) is 0 Å². The molecular formula is C18H24N6S. The molecule has 0 radical (unpaired) electrons. The van der Waals surface area contributed by atoms with Gasteiger partial charge in [-0.05, 0) is 25.3 Å². The lowest BCUT2D eigenvalue weighted by molar-refractivity contribution is 0.246. The predicted molar refractivity (Wildman–Crippen MR) is 99.8 cm³/mol. The molecule has 1 aliphatic rings. The van der Waals surface area contributed by atoms with Crippen molar-refractivity contribution in [3.05, 3.63) is 32.9 Å². The van der Waals surface area contributed by atoms with Gasteiger partial charge in [-0.1, -0.05) is 13.8 Å². The van der Waals surface area contributed by atoms with E-state index < -0.39 is 0 Å². The molecule has 0 N–H and O–H groups in total. The number of anilines is 1. The number of hydrogen-bond donors (Lipinski definition) is 0. The topological polar surface area (TPSA) is 68.9 Å². The Kier molecular flexibility index (Phi) is 5.61. The minimum absolute atomic E-state index is 0.706. The predicted octanol–water partition coefficient (Wildman–Crippen LogP) is 2.56. The Morgan fingerprint density at radius 3 is 2.48 bits per heavy atom. The van der Waals surface area contributed by atoms with Crippen molar-refractivity contribution in [3.63, 3.8) is 0 Å². The molecule has 1 aliphatic heterocycles. The molecule has 7 heteroatoms. The molecule has 0 atom stereocenters. The normalized spacial score (nSPS) is 15.4. The van der Waals surface area contributed by atoms with Crippen LogP contribution in [0, 0.1) is 18.3 Å².